The van der Waals surface area contributed by atoms with E-state index in [1.807, 2.05) is 18.2 Å². The lowest BCUT2D eigenvalue weighted by atomic mass is 10.1. The van der Waals surface area contributed by atoms with Crippen LogP contribution in [0, 0.1) is 11.3 Å². The van der Waals surface area contributed by atoms with E-state index in [0.717, 1.165) is 12.8 Å². The van der Waals surface area contributed by atoms with Gasteiger partial charge in [-0.3, -0.25) is 0 Å². The van der Waals surface area contributed by atoms with E-state index in [2.05, 4.69) is 6.92 Å². The van der Waals surface area contributed by atoms with Crippen LogP contribution in [0.25, 0.3) is 0 Å². The predicted molar refractivity (Wildman–Crippen MR) is 81.6 cm³/mol. The van der Waals surface area contributed by atoms with Crippen LogP contribution in [0.2, 0.25) is 5.02 Å². The average Bonchev–Trinajstić information content (AvgIpc) is 2.48. The minimum absolute atomic E-state index is 0.265. The van der Waals surface area contributed by atoms with Crippen molar-refractivity contribution in [1.82, 2.24) is 0 Å². The van der Waals surface area contributed by atoms with Crippen LogP contribution in [0.1, 0.15) is 34.8 Å². The minimum atomic E-state index is -0.446. The number of hydrogen-bond acceptors (Lipinski definition) is 3. The topological polar surface area (TPSA) is 50.1 Å². The van der Waals surface area contributed by atoms with Crippen LogP contribution in [-0.2, 0) is 6.42 Å². The maximum Gasteiger partial charge on any atom is 0.343 e. The third-order valence-corrected chi connectivity index (χ3v) is 3.31. The van der Waals surface area contributed by atoms with Gasteiger partial charge in [-0.2, -0.15) is 5.26 Å². The van der Waals surface area contributed by atoms with E-state index in [1.54, 1.807) is 18.2 Å². The lowest BCUT2D eigenvalue weighted by Crippen LogP contribution is -2.08. The number of carbonyl (C=O) groups excluding carboxylic acids is 1. The average molecular weight is 300 g/mol. The standard InChI is InChI=1S/C17H14ClNO2/c1-2-3-12-4-6-13(7-5-12)17(20)21-15-9-8-14(11-19)16(18)10-15/h4-10H,2-3H2,1H3. The summed E-state index contributed by atoms with van der Waals surface area (Å²) >= 11 is 5.90. The number of benzene rings is 2. The zero-order valence-electron chi connectivity index (χ0n) is 11.6. The van der Waals surface area contributed by atoms with Crippen molar-refractivity contribution in [2.75, 3.05) is 0 Å². The Bertz CT molecular complexity index is 687. The van der Waals surface area contributed by atoms with Gasteiger partial charge in [0.15, 0.2) is 0 Å². The molecule has 0 spiro atoms. The van der Waals surface area contributed by atoms with Crippen LogP contribution in [0.3, 0.4) is 0 Å². The van der Waals surface area contributed by atoms with E-state index in [4.69, 9.17) is 21.6 Å². The molecule has 4 heteroatoms. The highest BCUT2D eigenvalue weighted by Gasteiger charge is 2.10. The number of halogens is 1. The van der Waals surface area contributed by atoms with Crippen molar-refractivity contribution in [3.63, 3.8) is 0 Å². The number of esters is 1. The Hall–Kier alpha value is -2.31. The second kappa shape index (κ2) is 6.92. The summed E-state index contributed by atoms with van der Waals surface area (Å²) in [5, 5.41) is 9.06. The van der Waals surface area contributed by atoms with Gasteiger partial charge in [-0.15, -0.1) is 0 Å². The Balaban J connectivity index is 2.10. The molecular formula is C17H14ClNO2. The summed E-state index contributed by atoms with van der Waals surface area (Å²) in [6.07, 6.45) is 2.05. The van der Waals surface area contributed by atoms with Gasteiger partial charge < -0.3 is 4.74 Å². The minimum Gasteiger partial charge on any atom is -0.423 e. The molecule has 21 heavy (non-hydrogen) atoms. The molecule has 0 fully saturated rings. The van der Waals surface area contributed by atoms with E-state index in [-0.39, 0.29) is 5.02 Å². The van der Waals surface area contributed by atoms with Crippen molar-refractivity contribution in [1.29, 1.82) is 5.26 Å². The Morgan fingerprint density at radius 2 is 1.95 bits per heavy atom. The molecule has 106 valence electrons. The summed E-state index contributed by atoms with van der Waals surface area (Å²) < 4.78 is 5.25. The quantitative estimate of drug-likeness (QED) is 0.621. The molecule has 2 aromatic carbocycles. The summed E-state index contributed by atoms with van der Waals surface area (Å²) in [5.41, 5.74) is 2.02. The highest BCUT2D eigenvalue weighted by molar-refractivity contribution is 6.31. The lowest BCUT2D eigenvalue weighted by Gasteiger charge is -2.06. The molecule has 0 aliphatic rings. The van der Waals surface area contributed by atoms with Crippen LogP contribution in [0.5, 0.6) is 5.75 Å². The Kier molecular flexibility index (Phi) is 4.97. The first-order valence-electron chi connectivity index (χ1n) is 6.65. The zero-order valence-corrected chi connectivity index (χ0v) is 12.4. The summed E-state index contributed by atoms with van der Waals surface area (Å²) in [5.74, 6) is -0.125. The molecule has 0 atom stereocenters. The monoisotopic (exact) mass is 299 g/mol. The van der Waals surface area contributed by atoms with Gasteiger partial charge in [0, 0.05) is 6.07 Å². The number of rotatable bonds is 4. The number of nitrogens with zero attached hydrogens (tertiary/aromatic N) is 1. The summed E-state index contributed by atoms with van der Waals surface area (Å²) in [6.45, 7) is 2.11. The van der Waals surface area contributed by atoms with Gasteiger partial charge in [0.2, 0.25) is 0 Å². The number of hydrogen-bond donors (Lipinski definition) is 0. The third kappa shape index (κ3) is 3.84. The molecule has 0 saturated heterocycles. The van der Waals surface area contributed by atoms with Crippen LogP contribution in [0.15, 0.2) is 42.5 Å². The van der Waals surface area contributed by atoms with Gasteiger partial charge in [0.1, 0.15) is 11.8 Å². The van der Waals surface area contributed by atoms with Gasteiger partial charge in [-0.25, -0.2) is 4.79 Å². The first-order chi connectivity index (χ1) is 10.1. The number of aryl methyl sites for hydroxylation is 1. The smallest absolute Gasteiger partial charge is 0.343 e. The summed E-state index contributed by atoms with van der Waals surface area (Å²) in [4.78, 5) is 12.0. The third-order valence-electron chi connectivity index (χ3n) is 3.00. The van der Waals surface area contributed by atoms with Gasteiger partial charge in [-0.05, 0) is 36.2 Å². The van der Waals surface area contributed by atoms with Gasteiger partial charge >= 0.3 is 5.97 Å². The Labute approximate surface area is 128 Å². The van der Waals surface area contributed by atoms with Crippen molar-refractivity contribution < 1.29 is 9.53 Å². The molecule has 2 rings (SSSR count). The molecule has 0 heterocycles. The van der Waals surface area contributed by atoms with Crippen LogP contribution >= 0.6 is 11.6 Å². The van der Waals surface area contributed by atoms with Gasteiger partial charge in [0.05, 0.1) is 16.1 Å². The van der Waals surface area contributed by atoms with Gasteiger partial charge in [-0.1, -0.05) is 37.1 Å². The SMILES string of the molecule is CCCc1ccc(C(=O)Oc2ccc(C#N)c(Cl)c2)cc1. The van der Waals surface area contributed by atoms with E-state index in [1.165, 1.54) is 17.7 Å². The molecular weight excluding hydrogens is 286 g/mol. The molecule has 0 aliphatic carbocycles. The largest absolute Gasteiger partial charge is 0.423 e. The summed E-state index contributed by atoms with van der Waals surface area (Å²) in [6, 6.07) is 13.8. The van der Waals surface area contributed by atoms with Gasteiger partial charge in [0.25, 0.3) is 0 Å². The molecule has 0 aromatic heterocycles. The maximum atomic E-state index is 12.0. The molecule has 0 N–H and O–H groups in total. The molecule has 0 unspecified atom stereocenters. The highest BCUT2D eigenvalue weighted by Crippen LogP contribution is 2.22. The number of carbonyl (C=O) groups is 1. The second-order valence-corrected chi connectivity index (χ2v) is 5.00. The molecule has 0 bridgehead atoms. The van der Waals surface area contributed by atoms with Crippen molar-refractivity contribution in [3.05, 3.63) is 64.2 Å². The Morgan fingerprint density at radius 3 is 2.52 bits per heavy atom. The van der Waals surface area contributed by atoms with E-state index < -0.39 is 5.97 Å². The van der Waals surface area contributed by atoms with Crippen molar-refractivity contribution in [2.45, 2.75) is 19.8 Å². The molecule has 0 radical (unpaired) electrons. The number of nitriles is 1. The highest BCUT2D eigenvalue weighted by atomic mass is 35.5. The fourth-order valence-electron chi connectivity index (χ4n) is 1.91. The van der Waals surface area contributed by atoms with E-state index in [9.17, 15) is 4.79 Å². The first kappa shape index (κ1) is 15.1. The Morgan fingerprint density at radius 1 is 1.24 bits per heavy atom. The van der Waals surface area contributed by atoms with E-state index in [0.29, 0.717) is 16.9 Å². The van der Waals surface area contributed by atoms with Crippen LogP contribution in [0.4, 0.5) is 0 Å². The van der Waals surface area contributed by atoms with Crippen LogP contribution < -0.4 is 4.74 Å². The fourth-order valence-corrected chi connectivity index (χ4v) is 2.12. The molecule has 0 saturated carbocycles. The summed E-state index contributed by atoms with van der Waals surface area (Å²) in [7, 11) is 0. The lowest BCUT2D eigenvalue weighted by molar-refractivity contribution is 0.0735. The fraction of sp³-hybridized carbons (Fsp3) is 0.176. The van der Waals surface area contributed by atoms with E-state index >= 15 is 0 Å². The number of ether oxygens (including phenoxy) is 1. The maximum absolute atomic E-state index is 12.0. The zero-order chi connectivity index (χ0) is 15.2. The normalized spacial score (nSPS) is 9.95. The van der Waals surface area contributed by atoms with Crippen molar-refractivity contribution >= 4 is 17.6 Å². The molecule has 0 aliphatic heterocycles. The molecule has 3 nitrogen and oxygen atoms in total. The van der Waals surface area contributed by atoms with Crippen molar-refractivity contribution in [2.24, 2.45) is 0 Å². The first-order valence-corrected chi connectivity index (χ1v) is 7.02. The van der Waals surface area contributed by atoms with Crippen LogP contribution in [-0.4, -0.2) is 5.97 Å². The second-order valence-electron chi connectivity index (χ2n) is 4.59. The molecule has 0 amide bonds. The predicted octanol–water partition coefficient (Wildman–Crippen LogP) is 4.38. The van der Waals surface area contributed by atoms with Crippen molar-refractivity contribution in [3.8, 4) is 11.8 Å². The molecule has 2 aromatic rings.